The quantitative estimate of drug-likeness (QED) is 0.175. The zero-order chi connectivity index (χ0) is 24.5. The summed E-state index contributed by atoms with van der Waals surface area (Å²) in [7, 11) is 2.86. The minimum absolute atomic E-state index is 0.171. The first-order valence-corrected chi connectivity index (χ1v) is 10.2. The second-order valence-corrected chi connectivity index (χ2v) is 7.04. The van der Waals surface area contributed by atoms with Gasteiger partial charge in [0.2, 0.25) is 0 Å². The molecule has 2 N–H and O–H groups in total. The number of nitrogens with zero attached hydrogens (tertiary/aromatic N) is 1. The topological polar surface area (TPSA) is 115 Å². The Balaban J connectivity index is 1.62. The summed E-state index contributed by atoms with van der Waals surface area (Å²) in [6.45, 7) is 0. The van der Waals surface area contributed by atoms with Crippen LogP contribution in [0.2, 0.25) is 5.02 Å². The van der Waals surface area contributed by atoms with Crippen molar-refractivity contribution < 1.29 is 28.6 Å². The first-order valence-electron chi connectivity index (χ1n) is 9.85. The van der Waals surface area contributed by atoms with Gasteiger partial charge in [-0.25, -0.2) is 10.2 Å². The van der Waals surface area contributed by atoms with E-state index in [1.807, 2.05) is 0 Å². The van der Waals surface area contributed by atoms with Crippen LogP contribution < -0.4 is 25.0 Å². The number of hydrogen-bond donors (Lipinski definition) is 2. The molecule has 0 unspecified atom stereocenters. The molecule has 9 nitrogen and oxygen atoms in total. The normalized spacial score (nSPS) is 10.4. The highest BCUT2D eigenvalue weighted by molar-refractivity contribution is 6.39. The van der Waals surface area contributed by atoms with Crippen molar-refractivity contribution >= 4 is 41.3 Å². The fraction of sp³-hybridized carbons (Fsp3) is 0.0833. The molecule has 0 aromatic heterocycles. The average molecular weight is 482 g/mol. The van der Waals surface area contributed by atoms with Crippen LogP contribution in [0.15, 0.2) is 71.8 Å². The summed E-state index contributed by atoms with van der Waals surface area (Å²) in [5.74, 6) is -1.69. The Morgan fingerprint density at radius 1 is 0.853 bits per heavy atom. The molecule has 0 spiro atoms. The molecule has 0 aliphatic carbocycles. The van der Waals surface area contributed by atoms with Crippen molar-refractivity contribution in [2.24, 2.45) is 5.10 Å². The van der Waals surface area contributed by atoms with E-state index < -0.39 is 17.8 Å². The minimum atomic E-state index is -0.973. The number of anilines is 1. The second kappa shape index (κ2) is 11.5. The smallest absolute Gasteiger partial charge is 0.345 e. The van der Waals surface area contributed by atoms with E-state index in [0.29, 0.717) is 17.0 Å². The molecule has 10 heteroatoms. The van der Waals surface area contributed by atoms with Gasteiger partial charge in [-0.1, -0.05) is 35.9 Å². The van der Waals surface area contributed by atoms with Crippen molar-refractivity contribution in [2.75, 3.05) is 19.5 Å². The summed E-state index contributed by atoms with van der Waals surface area (Å²) in [5.41, 5.74) is 3.21. The molecule has 3 aromatic carbocycles. The zero-order valence-corrected chi connectivity index (χ0v) is 19.0. The van der Waals surface area contributed by atoms with Crippen molar-refractivity contribution in [3.8, 4) is 17.2 Å². The van der Waals surface area contributed by atoms with Gasteiger partial charge in [-0.3, -0.25) is 9.59 Å². The minimum Gasteiger partial charge on any atom is -0.495 e. The highest BCUT2D eigenvalue weighted by Crippen LogP contribution is 2.29. The van der Waals surface area contributed by atoms with Crippen LogP contribution in [-0.4, -0.2) is 38.2 Å². The average Bonchev–Trinajstić information content (AvgIpc) is 2.85. The van der Waals surface area contributed by atoms with E-state index in [0.717, 1.165) is 0 Å². The van der Waals surface area contributed by atoms with Crippen LogP contribution in [0.3, 0.4) is 0 Å². The molecule has 0 atom stereocenters. The highest BCUT2D eigenvalue weighted by Gasteiger charge is 2.16. The molecule has 3 rings (SSSR count). The summed E-state index contributed by atoms with van der Waals surface area (Å²) >= 11 is 6.03. The van der Waals surface area contributed by atoms with Gasteiger partial charge < -0.3 is 19.5 Å². The Kier molecular flexibility index (Phi) is 8.20. The van der Waals surface area contributed by atoms with Crippen LogP contribution in [0.1, 0.15) is 15.9 Å². The monoisotopic (exact) mass is 481 g/mol. The SMILES string of the molecule is COc1ccccc1NC(=O)C(=O)NN=Cc1ccc(OC(=O)c2ccccc2Cl)c(OC)c1. The molecular formula is C24H20ClN3O6. The largest absolute Gasteiger partial charge is 0.495 e. The molecule has 0 saturated carbocycles. The Hall–Kier alpha value is -4.37. The first kappa shape index (κ1) is 24.3. The van der Waals surface area contributed by atoms with E-state index >= 15 is 0 Å². The molecule has 174 valence electrons. The molecule has 0 radical (unpaired) electrons. The van der Waals surface area contributed by atoms with Crippen LogP contribution in [0, 0.1) is 0 Å². The van der Waals surface area contributed by atoms with Gasteiger partial charge in [0.1, 0.15) is 5.75 Å². The Bertz CT molecular complexity index is 1240. The van der Waals surface area contributed by atoms with Crippen molar-refractivity contribution in [1.82, 2.24) is 5.43 Å². The Morgan fingerprint density at radius 2 is 1.56 bits per heavy atom. The summed E-state index contributed by atoms with van der Waals surface area (Å²) < 4.78 is 15.8. The number of hydrazone groups is 1. The highest BCUT2D eigenvalue weighted by atomic mass is 35.5. The molecule has 0 aliphatic heterocycles. The number of amides is 2. The van der Waals surface area contributed by atoms with E-state index in [2.05, 4.69) is 15.8 Å². The fourth-order valence-electron chi connectivity index (χ4n) is 2.77. The number of carbonyl (C=O) groups is 3. The number of carbonyl (C=O) groups excluding carboxylic acids is 3. The predicted octanol–water partition coefficient (Wildman–Crippen LogP) is 3.67. The van der Waals surface area contributed by atoms with Crippen LogP contribution in [-0.2, 0) is 9.59 Å². The van der Waals surface area contributed by atoms with Crippen LogP contribution >= 0.6 is 11.6 Å². The van der Waals surface area contributed by atoms with Crippen molar-refractivity contribution in [1.29, 1.82) is 0 Å². The standard InChI is InChI=1S/C24H20ClN3O6/c1-32-19-10-6-5-9-18(19)27-22(29)23(30)28-26-14-15-11-12-20(21(13-15)33-2)34-24(31)16-7-3-4-8-17(16)25/h3-14H,1-2H3,(H,27,29)(H,28,30). The van der Waals surface area contributed by atoms with Gasteiger partial charge in [-0.05, 0) is 48.0 Å². The van der Waals surface area contributed by atoms with E-state index in [-0.39, 0.29) is 22.1 Å². The number of ether oxygens (including phenoxy) is 3. The summed E-state index contributed by atoms with van der Waals surface area (Å²) in [6.07, 6.45) is 1.30. The van der Waals surface area contributed by atoms with Crippen LogP contribution in [0.25, 0.3) is 0 Å². The van der Waals surface area contributed by atoms with E-state index in [9.17, 15) is 14.4 Å². The van der Waals surface area contributed by atoms with Gasteiger partial charge >= 0.3 is 17.8 Å². The van der Waals surface area contributed by atoms with Gasteiger partial charge in [-0.2, -0.15) is 5.10 Å². The number of esters is 1. The molecule has 0 heterocycles. The second-order valence-electron chi connectivity index (χ2n) is 6.63. The molecule has 0 saturated heterocycles. The van der Waals surface area contributed by atoms with Crippen LogP contribution in [0.4, 0.5) is 5.69 Å². The van der Waals surface area contributed by atoms with E-state index in [1.165, 1.54) is 26.5 Å². The third-order valence-electron chi connectivity index (χ3n) is 4.43. The number of nitrogens with one attached hydrogen (secondary N) is 2. The van der Waals surface area contributed by atoms with Gasteiger partial charge in [-0.15, -0.1) is 0 Å². The summed E-state index contributed by atoms with van der Waals surface area (Å²) in [5, 5.41) is 6.48. The fourth-order valence-corrected chi connectivity index (χ4v) is 2.99. The molecule has 34 heavy (non-hydrogen) atoms. The number of benzene rings is 3. The first-order chi connectivity index (χ1) is 16.4. The molecule has 0 bridgehead atoms. The van der Waals surface area contributed by atoms with Gasteiger partial charge in [0.05, 0.1) is 36.7 Å². The van der Waals surface area contributed by atoms with Crippen molar-refractivity contribution in [3.63, 3.8) is 0 Å². The predicted molar refractivity (Wildman–Crippen MR) is 127 cm³/mol. The number of rotatable bonds is 7. The van der Waals surface area contributed by atoms with Crippen LogP contribution in [0.5, 0.6) is 17.2 Å². The molecule has 3 aromatic rings. The lowest BCUT2D eigenvalue weighted by Crippen LogP contribution is -2.32. The number of halogens is 1. The third-order valence-corrected chi connectivity index (χ3v) is 4.75. The molecular weight excluding hydrogens is 462 g/mol. The van der Waals surface area contributed by atoms with Gasteiger partial charge in [0.15, 0.2) is 11.5 Å². The van der Waals surface area contributed by atoms with E-state index in [1.54, 1.807) is 60.7 Å². The lowest BCUT2D eigenvalue weighted by atomic mass is 10.2. The summed E-state index contributed by atoms with van der Waals surface area (Å²) in [6, 6.07) is 17.8. The van der Waals surface area contributed by atoms with Gasteiger partial charge in [0, 0.05) is 0 Å². The maximum absolute atomic E-state index is 12.4. The molecule has 0 aliphatic rings. The number of para-hydroxylation sites is 2. The summed E-state index contributed by atoms with van der Waals surface area (Å²) in [4.78, 5) is 36.5. The maximum atomic E-state index is 12.4. The third kappa shape index (κ3) is 6.11. The lowest BCUT2D eigenvalue weighted by Gasteiger charge is -2.10. The number of hydrogen-bond acceptors (Lipinski definition) is 7. The molecule has 2 amide bonds. The van der Waals surface area contributed by atoms with Gasteiger partial charge in [0.25, 0.3) is 0 Å². The Labute approximate surface area is 200 Å². The lowest BCUT2D eigenvalue weighted by molar-refractivity contribution is -0.136. The van der Waals surface area contributed by atoms with Crippen molar-refractivity contribution in [2.45, 2.75) is 0 Å². The maximum Gasteiger partial charge on any atom is 0.345 e. The van der Waals surface area contributed by atoms with E-state index in [4.69, 9.17) is 25.8 Å². The van der Waals surface area contributed by atoms with Crippen molar-refractivity contribution in [3.05, 3.63) is 82.9 Å². The number of methoxy groups -OCH3 is 2. The Morgan fingerprint density at radius 3 is 2.29 bits per heavy atom. The zero-order valence-electron chi connectivity index (χ0n) is 18.2. The molecule has 0 fully saturated rings.